The number of nitrogens with zero attached hydrogens (tertiary/aromatic N) is 1. The summed E-state index contributed by atoms with van der Waals surface area (Å²) in [4.78, 5) is 40.8. The van der Waals surface area contributed by atoms with Gasteiger partial charge in [0.1, 0.15) is 17.7 Å². The smallest absolute Gasteiger partial charge is 0.408 e. The maximum Gasteiger partial charge on any atom is 0.408 e. The lowest BCUT2D eigenvalue weighted by atomic mass is 9.97. The summed E-state index contributed by atoms with van der Waals surface area (Å²) >= 11 is 0. The average molecular weight is 468 g/mol. The van der Waals surface area contributed by atoms with E-state index in [1.807, 2.05) is 75.4 Å². The molecule has 0 aliphatic rings. The SMILES string of the molecule is Cc1ccccc1C(C(=O)NCc1ccccc1)N(C)C(=O)C(NC(=O)OC(C)(C)C)C(C)C. The minimum Gasteiger partial charge on any atom is -0.444 e. The van der Waals surface area contributed by atoms with Gasteiger partial charge in [-0.15, -0.1) is 0 Å². The fourth-order valence-corrected chi connectivity index (χ4v) is 3.60. The predicted molar refractivity (Wildman–Crippen MR) is 133 cm³/mol. The Hall–Kier alpha value is -3.35. The van der Waals surface area contributed by atoms with Crippen molar-refractivity contribution in [1.82, 2.24) is 15.5 Å². The second-order valence-electron chi connectivity index (χ2n) is 9.78. The quantitative estimate of drug-likeness (QED) is 0.604. The molecule has 0 aliphatic heterocycles. The summed E-state index contributed by atoms with van der Waals surface area (Å²) in [6.07, 6.45) is -0.672. The molecular formula is C27H37N3O4. The summed E-state index contributed by atoms with van der Waals surface area (Å²) < 4.78 is 5.35. The number of hydrogen-bond acceptors (Lipinski definition) is 4. The van der Waals surface area contributed by atoms with Gasteiger partial charge in [-0.2, -0.15) is 0 Å². The standard InChI is InChI=1S/C27H37N3O4/c1-18(2)22(29-26(33)34-27(4,5)6)25(32)30(7)23(21-16-12-11-13-19(21)3)24(31)28-17-20-14-9-8-10-15-20/h8-16,18,22-23H,17H2,1-7H3,(H,28,31)(H,29,33). The molecule has 0 saturated heterocycles. The first-order valence-corrected chi connectivity index (χ1v) is 11.5. The van der Waals surface area contributed by atoms with E-state index >= 15 is 0 Å². The molecule has 0 aliphatic carbocycles. The molecule has 0 saturated carbocycles. The van der Waals surface area contributed by atoms with Crippen molar-refractivity contribution < 1.29 is 19.1 Å². The lowest BCUT2D eigenvalue weighted by Gasteiger charge is -2.33. The Bertz CT molecular complexity index is 983. The highest BCUT2D eigenvalue weighted by Crippen LogP contribution is 2.25. The molecule has 7 heteroatoms. The number of benzene rings is 2. The summed E-state index contributed by atoms with van der Waals surface area (Å²) in [5.74, 6) is -0.884. The van der Waals surface area contributed by atoms with Crippen molar-refractivity contribution in [1.29, 1.82) is 0 Å². The third-order valence-corrected chi connectivity index (χ3v) is 5.38. The van der Waals surface area contributed by atoms with E-state index in [9.17, 15) is 14.4 Å². The number of likely N-dealkylation sites (N-methyl/N-ethyl adjacent to an activating group) is 1. The topological polar surface area (TPSA) is 87.7 Å². The van der Waals surface area contributed by atoms with Crippen LogP contribution in [0.25, 0.3) is 0 Å². The zero-order valence-electron chi connectivity index (χ0n) is 21.2. The molecule has 2 N–H and O–H groups in total. The zero-order valence-corrected chi connectivity index (χ0v) is 21.2. The van der Waals surface area contributed by atoms with Crippen LogP contribution in [0.15, 0.2) is 54.6 Å². The van der Waals surface area contributed by atoms with Gasteiger partial charge in [-0.3, -0.25) is 9.59 Å². The van der Waals surface area contributed by atoms with Gasteiger partial charge in [0.15, 0.2) is 0 Å². The summed E-state index contributed by atoms with van der Waals surface area (Å²) in [5.41, 5.74) is 1.88. The molecule has 0 bridgehead atoms. The van der Waals surface area contributed by atoms with E-state index in [4.69, 9.17) is 4.74 Å². The first-order chi connectivity index (χ1) is 15.9. The Morgan fingerprint density at radius 3 is 2.12 bits per heavy atom. The summed E-state index contributed by atoms with van der Waals surface area (Å²) in [6, 6.07) is 15.4. The van der Waals surface area contributed by atoms with Crippen molar-refractivity contribution >= 4 is 17.9 Å². The largest absolute Gasteiger partial charge is 0.444 e. The number of alkyl carbamates (subject to hydrolysis) is 1. The van der Waals surface area contributed by atoms with Gasteiger partial charge in [0.25, 0.3) is 0 Å². The van der Waals surface area contributed by atoms with Crippen LogP contribution in [0.5, 0.6) is 0 Å². The summed E-state index contributed by atoms with van der Waals surface area (Å²) in [7, 11) is 1.59. The molecule has 7 nitrogen and oxygen atoms in total. The number of carbonyl (C=O) groups is 3. The molecule has 0 aromatic heterocycles. The molecule has 0 fully saturated rings. The van der Waals surface area contributed by atoms with E-state index in [-0.39, 0.29) is 17.7 Å². The predicted octanol–water partition coefficient (Wildman–Crippen LogP) is 4.36. The Balaban J connectivity index is 2.30. The van der Waals surface area contributed by atoms with Crippen LogP contribution in [-0.2, 0) is 20.9 Å². The first kappa shape index (κ1) is 26.9. The van der Waals surface area contributed by atoms with Crippen LogP contribution >= 0.6 is 0 Å². The van der Waals surface area contributed by atoms with Crippen LogP contribution in [0.1, 0.15) is 57.4 Å². The fourth-order valence-electron chi connectivity index (χ4n) is 3.60. The average Bonchev–Trinajstić information content (AvgIpc) is 2.76. The van der Waals surface area contributed by atoms with Crippen LogP contribution in [0.2, 0.25) is 0 Å². The Morgan fingerprint density at radius 2 is 1.56 bits per heavy atom. The summed E-state index contributed by atoms with van der Waals surface area (Å²) in [6.45, 7) is 11.2. The van der Waals surface area contributed by atoms with Crippen LogP contribution in [-0.4, -0.2) is 41.5 Å². The van der Waals surface area contributed by atoms with Gasteiger partial charge in [-0.05, 0) is 50.3 Å². The maximum atomic E-state index is 13.6. The summed E-state index contributed by atoms with van der Waals surface area (Å²) in [5, 5.41) is 5.64. The molecule has 2 atom stereocenters. The van der Waals surface area contributed by atoms with Crippen LogP contribution in [0.4, 0.5) is 4.79 Å². The van der Waals surface area contributed by atoms with Crippen LogP contribution in [0, 0.1) is 12.8 Å². The molecule has 34 heavy (non-hydrogen) atoms. The van der Waals surface area contributed by atoms with Gasteiger partial charge in [-0.1, -0.05) is 68.4 Å². The zero-order chi connectivity index (χ0) is 25.5. The third kappa shape index (κ3) is 7.61. The lowest BCUT2D eigenvalue weighted by Crippen LogP contribution is -2.53. The molecule has 0 spiro atoms. The van der Waals surface area contributed by atoms with Gasteiger partial charge < -0.3 is 20.3 Å². The van der Waals surface area contributed by atoms with Crippen molar-refractivity contribution in [2.45, 2.75) is 65.8 Å². The molecule has 184 valence electrons. The van der Waals surface area contributed by atoms with Crippen molar-refractivity contribution in [3.05, 3.63) is 71.3 Å². The Kier molecular flexibility index (Phi) is 9.24. The van der Waals surface area contributed by atoms with Crippen molar-refractivity contribution in [3.8, 4) is 0 Å². The molecule has 2 aromatic rings. The number of amides is 3. The maximum absolute atomic E-state index is 13.6. The second-order valence-corrected chi connectivity index (χ2v) is 9.78. The first-order valence-electron chi connectivity index (χ1n) is 11.5. The molecule has 0 radical (unpaired) electrons. The molecule has 2 unspecified atom stereocenters. The van der Waals surface area contributed by atoms with Gasteiger partial charge in [0, 0.05) is 13.6 Å². The minimum atomic E-state index is -0.862. The highest BCUT2D eigenvalue weighted by atomic mass is 16.6. The van der Waals surface area contributed by atoms with Gasteiger partial charge in [0.2, 0.25) is 11.8 Å². The van der Waals surface area contributed by atoms with Crippen LogP contribution < -0.4 is 10.6 Å². The van der Waals surface area contributed by atoms with Gasteiger partial charge in [0.05, 0.1) is 0 Å². The molecule has 3 amide bonds. The van der Waals surface area contributed by atoms with Gasteiger partial charge >= 0.3 is 6.09 Å². The van der Waals surface area contributed by atoms with E-state index in [2.05, 4.69) is 10.6 Å². The fraction of sp³-hybridized carbons (Fsp3) is 0.444. The number of aryl methyl sites for hydroxylation is 1. The number of nitrogens with one attached hydrogen (secondary N) is 2. The third-order valence-electron chi connectivity index (χ3n) is 5.38. The second kappa shape index (κ2) is 11.7. The van der Waals surface area contributed by atoms with Crippen molar-refractivity contribution in [2.24, 2.45) is 5.92 Å². The number of carbonyl (C=O) groups excluding carboxylic acids is 3. The highest BCUT2D eigenvalue weighted by molar-refractivity contribution is 5.92. The highest BCUT2D eigenvalue weighted by Gasteiger charge is 2.35. The Morgan fingerprint density at radius 1 is 0.971 bits per heavy atom. The van der Waals surface area contributed by atoms with Gasteiger partial charge in [-0.25, -0.2) is 4.79 Å². The van der Waals surface area contributed by atoms with Crippen molar-refractivity contribution in [3.63, 3.8) is 0 Å². The van der Waals surface area contributed by atoms with E-state index in [0.717, 1.165) is 16.7 Å². The minimum absolute atomic E-state index is 0.215. The molecular weight excluding hydrogens is 430 g/mol. The van der Waals surface area contributed by atoms with Crippen molar-refractivity contribution in [2.75, 3.05) is 7.05 Å². The number of hydrogen-bond donors (Lipinski definition) is 2. The molecule has 2 aromatic carbocycles. The molecule has 2 rings (SSSR count). The van der Waals surface area contributed by atoms with Crippen LogP contribution in [0.3, 0.4) is 0 Å². The van der Waals surface area contributed by atoms with E-state index in [1.165, 1.54) is 4.90 Å². The monoisotopic (exact) mass is 467 g/mol. The lowest BCUT2D eigenvalue weighted by molar-refractivity contribution is -0.141. The number of ether oxygens (including phenoxy) is 1. The Labute approximate surface area is 202 Å². The normalized spacial score (nSPS) is 13.1. The molecule has 0 heterocycles. The number of rotatable bonds is 8. The van der Waals surface area contributed by atoms with E-state index in [0.29, 0.717) is 6.54 Å². The van der Waals surface area contributed by atoms with E-state index < -0.39 is 23.8 Å². The van der Waals surface area contributed by atoms with E-state index in [1.54, 1.807) is 27.8 Å².